The molecule has 0 radical (unpaired) electrons. The molecule has 7 nitrogen and oxygen atoms in total. The van der Waals surface area contributed by atoms with Gasteiger partial charge in [-0.25, -0.2) is 0 Å². The first-order chi connectivity index (χ1) is 14.1. The molecule has 0 spiro atoms. The molecule has 0 aliphatic heterocycles. The molecule has 0 bridgehead atoms. The number of amides is 1. The molecule has 0 saturated carbocycles. The Morgan fingerprint density at radius 1 is 1.14 bits per heavy atom. The molecule has 29 heavy (non-hydrogen) atoms. The molecule has 0 fully saturated rings. The Morgan fingerprint density at radius 3 is 2.38 bits per heavy atom. The maximum atomic E-state index is 12.5. The Balaban J connectivity index is 1.39. The summed E-state index contributed by atoms with van der Waals surface area (Å²) >= 11 is 0.0402. The Hall–Kier alpha value is -2.70. The van der Waals surface area contributed by atoms with Crippen molar-refractivity contribution in [3.8, 4) is 11.1 Å². The number of nitrogens with one attached hydrogen (secondary N) is 2. The topological polar surface area (TPSA) is 92.8 Å². The second-order valence-corrected chi connectivity index (χ2v) is 9.40. The van der Waals surface area contributed by atoms with Crippen molar-refractivity contribution in [3.63, 3.8) is 0 Å². The van der Waals surface area contributed by atoms with Crippen LogP contribution in [-0.4, -0.2) is 54.3 Å². The number of carbonyl (C=O) groups excluding carboxylic acids is 1. The summed E-state index contributed by atoms with van der Waals surface area (Å²) in [5.74, 6) is 0.346. The fourth-order valence-electron chi connectivity index (χ4n) is 3.57. The number of aromatic nitrogens is 4. The Kier molecular flexibility index (Phi) is 5.92. The number of aromatic amines is 1. The summed E-state index contributed by atoms with van der Waals surface area (Å²) < 4.78 is 6.37. The monoisotopic (exact) mass is 457 g/mol. The van der Waals surface area contributed by atoms with Crippen molar-refractivity contribution in [3.05, 3.63) is 59.7 Å². The number of fused-ring (bicyclic) bond motifs is 3. The number of ether oxygens (including phenoxy) is 1. The van der Waals surface area contributed by atoms with Crippen LogP contribution in [0.3, 0.4) is 0 Å². The van der Waals surface area contributed by atoms with E-state index in [0.717, 1.165) is 5.32 Å². The van der Waals surface area contributed by atoms with Gasteiger partial charge in [0.25, 0.3) is 0 Å². The molecule has 1 atom stereocenters. The number of hydrogen-bond acceptors (Lipinski definition) is 5. The Bertz CT molecular complexity index is 931. The molecular weight excluding hydrogens is 433 g/mol. The van der Waals surface area contributed by atoms with Gasteiger partial charge >= 0.3 is 176 Å². The summed E-state index contributed by atoms with van der Waals surface area (Å²) in [5, 5.41) is 17.8. The third-order valence-corrected chi connectivity index (χ3v) is 7.18. The van der Waals surface area contributed by atoms with Crippen LogP contribution in [0.25, 0.3) is 11.1 Å². The van der Waals surface area contributed by atoms with Gasteiger partial charge in [-0.2, -0.15) is 0 Å². The molecule has 8 heteroatoms. The third kappa shape index (κ3) is 4.33. The molecule has 1 aliphatic carbocycles. The van der Waals surface area contributed by atoms with E-state index >= 15 is 0 Å². The first-order valence-corrected chi connectivity index (χ1v) is 11.7. The summed E-state index contributed by atoms with van der Waals surface area (Å²) in [5.41, 5.74) is 4.87. The first-order valence-electron chi connectivity index (χ1n) is 9.61. The number of H-pyrrole nitrogens is 1. The van der Waals surface area contributed by atoms with Crippen LogP contribution in [0, 0.1) is 5.92 Å². The van der Waals surface area contributed by atoms with Gasteiger partial charge in [0.1, 0.15) is 0 Å². The van der Waals surface area contributed by atoms with E-state index < -0.39 is 0 Å². The standard InChI is InChI=1S/C21H23N5O2Se/c1-13(2)19(12-29-20-23-25-26-24-20)22-21(27)28-11-18-16-9-5-3-7-14(16)15-8-4-6-10-17(15)18/h3-10,13,18-19H,11-12H2,1-2H3,(H,22,27)(H,23,24,25,26)/t19-/m1/s1. The summed E-state index contributed by atoms with van der Waals surface area (Å²) in [6, 6.07) is 16.7. The van der Waals surface area contributed by atoms with E-state index in [0.29, 0.717) is 11.3 Å². The van der Waals surface area contributed by atoms with Gasteiger partial charge < -0.3 is 0 Å². The van der Waals surface area contributed by atoms with Crippen molar-refractivity contribution in [2.24, 2.45) is 5.92 Å². The zero-order valence-electron chi connectivity index (χ0n) is 16.3. The van der Waals surface area contributed by atoms with Crippen LogP contribution in [-0.2, 0) is 4.74 Å². The SMILES string of the molecule is CC(C)[C@@H](C[Se]c1nn[nH]n1)NC(=O)OCC1c2ccccc2-c2ccccc21. The molecule has 1 amide bonds. The van der Waals surface area contributed by atoms with E-state index in [4.69, 9.17) is 4.74 Å². The van der Waals surface area contributed by atoms with Crippen LogP contribution in [0.15, 0.2) is 48.5 Å². The van der Waals surface area contributed by atoms with Gasteiger partial charge in [-0.05, 0) is 0 Å². The van der Waals surface area contributed by atoms with Gasteiger partial charge in [0.05, 0.1) is 0 Å². The van der Waals surface area contributed by atoms with Crippen molar-refractivity contribution in [1.82, 2.24) is 25.9 Å². The average Bonchev–Trinajstić information content (AvgIpc) is 3.35. The normalized spacial score (nSPS) is 13.8. The number of carbonyl (C=O) groups is 1. The zero-order chi connectivity index (χ0) is 20.2. The molecule has 0 unspecified atom stereocenters. The molecule has 2 aromatic carbocycles. The van der Waals surface area contributed by atoms with Gasteiger partial charge in [0, 0.05) is 0 Å². The minimum absolute atomic E-state index is 0.00384. The van der Waals surface area contributed by atoms with Crippen molar-refractivity contribution in [1.29, 1.82) is 0 Å². The maximum absolute atomic E-state index is 12.5. The van der Waals surface area contributed by atoms with Crippen molar-refractivity contribution >= 4 is 25.8 Å². The number of tetrazole rings is 1. The second-order valence-electron chi connectivity index (χ2n) is 7.33. The zero-order valence-corrected chi connectivity index (χ0v) is 18.0. The predicted molar refractivity (Wildman–Crippen MR) is 111 cm³/mol. The van der Waals surface area contributed by atoms with E-state index in [1.807, 2.05) is 24.3 Å². The number of hydrogen-bond donors (Lipinski definition) is 2. The first kappa shape index (κ1) is 19.6. The van der Waals surface area contributed by atoms with Crippen LogP contribution < -0.4 is 10.0 Å². The van der Waals surface area contributed by atoms with Gasteiger partial charge in [-0.3, -0.25) is 0 Å². The number of alkyl carbamates (subject to hydrolysis) is 1. The van der Waals surface area contributed by atoms with E-state index in [1.165, 1.54) is 22.3 Å². The summed E-state index contributed by atoms with van der Waals surface area (Å²) in [6.45, 7) is 4.49. The summed E-state index contributed by atoms with van der Waals surface area (Å²) in [6.07, 6.45) is -0.380. The van der Waals surface area contributed by atoms with Gasteiger partial charge in [0.2, 0.25) is 0 Å². The summed E-state index contributed by atoms with van der Waals surface area (Å²) in [4.78, 5) is 12.5. The molecule has 1 aromatic heterocycles. The van der Waals surface area contributed by atoms with Crippen LogP contribution >= 0.6 is 0 Å². The molecule has 3 aromatic rings. The second kappa shape index (κ2) is 8.76. The predicted octanol–water partition coefficient (Wildman–Crippen LogP) is 2.51. The molecule has 1 aliphatic rings. The van der Waals surface area contributed by atoms with Crippen LogP contribution in [0.4, 0.5) is 4.79 Å². The number of benzene rings is 2. The molecule has 150 valence electrons. The fourth-order valence-corrected chi connectivity index (χ4v) is 5.67. The average molecular weight is 456 g/mol. The van der Waals surface area contributed by atoms with Crippen LogP contribution in [0.5, 0.6) is 0 Å². The fraction of sp³-hybridized carbons (Fsp3) is 0.333. The van der Waals surface area contributed by atoms with Crippen LogP contribution in [0.2, 0.25) is 5.32 Å². The molecule has 1 heterocycles. The van der Waals surface area contributed by atoms with Crippen molar-refractivity contribution in [2.45, 2.75) is 31.1 Å². The van der Waals surface area contributed by atoms with E-state index in [9.17, 15) is 4.79 Å². The quantitative estimate of drug-likeness (QED) is 0.533. The Morgan fingerprint density at radius 2 is 1.79 bits per heavy atom. The van der Waals surface area contributed by atoms with E-state index in [-0.39, 0.29) is 38.9 Å². The van der Waals surface area contributed by atoms with Crippen molar-refractivity contribution < 1.29 is 9.53 Å². The molecular formula is C21H23N5O2Se. The van der Waals surface area contributed by atoms with Crippen molar-refractivity contribution in [2.75, 3.05) is 6.61 Å². The Labute approximate surface area is 175 Å². The van der Waals surface area contributed by atoms with E-state index in [1.54, 1.807) is 0 Å². The van der Waals surface area contributed by atoms with E-state index in [2.05, 4.69) is 64.1 Å². The molecule has 0 saturated heterocycles. The summed E-state index contributed by atoms with van der Waals surface area (Å²) in [7, 11) is 0. The number of nitrogens with zero attached hydrogens (tertiary/aromatic N) is 3. The molecule has 4 rings (SSSR count). The van der Waals surface area contributed by atoms with Gasteiger partial charge in [-0.15, -0.1) is 0 Å². The molecule has 2 N–H and O–H groups in total. The van der Waals surface area contributed by atoms with Gasteiger partial charge in [-0.1, -0.05) is 0 Å². The number of rotatable bonds is 7. The van der Waals surface area contributed by atoms with Gasteiger partial charge in [0.15, 0.2) is 0 Å². The third-order valence-electron chi connectivity index (χ3n) is 5.17. The minimum atomic E-state index is -0.380. The van der Waals surface area contributed by atoms with Crippen LogP contribution in [0.1, 0.15) is 30.9 Å².